The van der Waals surface area contributed by atoms with Gasteiger partial charge in [-0.25, -0.2) is 0 Å². The van der Waals surface area contributed by atoms with Crippen LogP contribution in [0.1, 0.15) is 27.2 Å². The maximum atomic E-state index is 12.8. The molecule has 7 heteroatoms. The molecule has 0 spiro atoms. The number of ether oxygens (including phenoxy) is 1. The van der Waals surface area contributed by atoms with E-state index in [1.165, 1.54) is 11.8 Å². The van der Waals surface area contributed by atoms with Crippen molar-refractivity contribution >= 4 is 17.5 Å². The van der Waals surface area contributed by atoms with Crippen LogP contribution in [-0.4, -0.2) is 32.9 Å². The van der Waals surface area contributed by atoms with E-state index in [1.54, 1.807) is 6.26 Å². The van der Waals surface area contributed by atoms with Crippen molar-refractivity contribution < 1.29 is 13.9 Å². The second-order valence-electron chi connectivity index (χ2n) is 7.42. The minimum Gasteiger partial charge on any atom is -0.493 e. The summed E-state index contributed by atoms with van der Waals surface area (Å²) in [6.45, 7) is 3.23. The lowest BCUT2D eigenvalue weighted by atomic mass is 10.1. The van der Waals surface area contributed by atoms with Crippen LogP contribution in [0.4, 0.5) is 0 Å². The van der Waals surface area contributed by atoms with Crippen LogP contribution in [-0.2, 0) is 13.0 Å². The fourth-order valence-corrected chi connectivity index (χ4v) is 4.53. The summed E-state index contributed by atoms with van der Waals surface area (Å²) in [5, 5.41) is 9.54. The molecule has 0 aliphatic carbocycles. The molecule has 0 N–H and O–H groups in total. The van der Waals surface area contributed by atoms with Gasteiger partial charge in [0.1, 0.15) is 11.5 Å². The lowest BCUT2D eigenvalue weighted by molar-refractivity contribution is 0.102. The number of ketones is 1. The zero-order chi connectivity index (χ0) is 21.2. The Morgan fingerprint density at radius 2 is 2.03 bits per heavy atom. The van der Waals surface area contributed by atoms with Crippen LogP contribution in [0.25, 0.3) is 11.4 Å². The average Bonchev–Trinajstić information content (AvgIpc) is 3.54. The Bertz CT molecular complexity index is 1230. The highest BCUT2D eigenvalue weighted by molar-refractivity contribution is 7.99. The second-order valence-corrected chi connectivity index (χ2v) is 8.36. The minimum absolute atomic E-state index is 0.0599. The van der Waals surface area contributed by atoms with Gasteiger partial charge in [-0.05, 0) is 48.4 Å². The van der Waals surface area contributed by atoms with Crippen molar-refractivity contribution in [1.82, 2.24) is 14.8 Å². The molecule has 0 saturated carbocycles. The number of nitrogens with zero attached hydrogens (tertiary/aromatic N) is 3. The Morgan fingerprint density at radius 3 is 2.87 bits per heavy atom. The van der Waals surface area contributed by atoms with Crippen molar-refractivity contribution in [3.63, 3.8) is 0 Å². The highest BCUT2D eigenvalue weighted by atomic mass is 32.2. The second kappa shape index (κ2) is 8.43. The van der Waals surface area contributed by atoms with Crippen molar-refractivity contribution in [3.8, 4) is 17.1 Å². The molecular formula is C24H21N3O3S. The topological polar surface area (TPSA) is 70.2 Å². The van der Waals surface area contributed by atoms with Gasteiger partial charge >= 0.3 is 0 Å². The Labute approximate surface area is 184 Å². The molecule has 0 unspecified atom stereocenters. The van der Waals surface area contributed by atoms with Gasteiger partial charge in [-0.3, -0.25) is 9.36 Å². The Kier molecular flexibility index (Phi) is 5.34. The Balaban J connectivity index is 1.41. The number of furan rings is 1. The van der Waals surface area contributed by atoms with E-state index in [1.807, 2.05) is 53.1 Å². The number of hydrogen-bond donors (Lipinski definition) is 0. The predicted molar refractivity (Wildman–Crippen MR) is 119 cm³/mol. The molecule has 0 saturated heterocycles. The van der Waals surface area contributed by atoms with Crippen LogP contribution in [0.15, 0.2) is 70.4 Å². The van der Waals surface area contributed by atoms with E-state index < -0.39 is 0 Å². The number of rotatable bonds is 7. The highest BCUT2D eigenvalue weighted by Crippen LogP contribution is 2.29. The maximum absolute atomic E-state index is 12.8. The van der Waals surface area contributed by atoms with Gasteiger partial charge in [0.2, 0.25) is 0 Å². The number of Topliss-reactive ketones (excluding diaryl/α,β-unsaturated/α-hetero) is 1. The molecule has 0 bridgehead atoms. The molecule has 1 aliphatic rings. The first-order chi connectivity index (χ1) is 15.2. The molecule has 0 fully saturated rings. The van der Waals surface area contributed by atoms with E-state index in [0.29, 0.717) is 23.9 Å². The monoisotopic (exact) mass is 431 g/mol. The number of aryl methyl sites for hydroxylation is 1. The first-order valence-corrected chi connectivity index (χ1v) is 11.1. The van der Waals surface area contributed by atoms with Crippen molar-refractivity contribution in [1.29, 1.82) is 0 Å². The molecular weight excluding hydrogens is 410 g/mol. The van der Waals surface area contributed by atoms with E-state index in [9.17, 15) is 4.79 Å². The molecule has 6 nitrogen and oxygen atoms in total. The van der Waals surface area contributed by atoms with Gasteiger partial charge in [0.25, 0.3) is 0 Å². The number of carbonyl (C=O) groups is 1. The third-order valence-corrected chi connectivity index (χ3v) is 6.31. The zero-order valence-electron chi connectivity index (χ0n) is 17.1. The van der Waals surface area contributed by atoms with Crippen molar-refractivity contribution in [2.75, 3.05) is 12.4 Å². The Morgan fingerprint density at radius 1 is 1.13 bits per heavy atom. The van der Waals surface area contributed by atoms with Gasteiger partial charge in [0, 0.05) is 17.5 Å². The summed E-state index contributed by atoms with van der Waals surface area (Å²) < 4.78 is 13.1. The van der Waals surface area contributed by atoms with Gasteiger partial charge in [0.05, 0.1) is 25.2 Å². The van der Waals surface area contributed by atoms with E-state index in [-0.39, 0.29) is 11.5 Å². The normalized spacial score (nSPS) is 12.5. The summed E-state index contributed by atoms with van der Waals surface area (Å²) in [7, 11) is 0. The smallest absolute Gasteiger partial charge is 0.192 e. The molecule has 2 aromatic heterocycles. The summed E-state index contributed by atoms with van der Waals surface area (Å²) in [4.78, 5) is 12.8. The standard InChI is InChI=1S/C24H21N3O3S/c1-16-5-2-3-7-20(16)23-25-26-24(27(23)14-19-6-4-11-29-19)31-15-21(28)17-8-9-22-18(13-17)10-12-30-22/h2-9,11,13H,10,12,14-15H2,1H3. The van der Waals surface area contributed by atoms with Gasteiger partial charge in [0.15, 0.2) is 16.8 Å². The fourth-order valence-electron chi connectivity index (χ4n) is 3.69. The molecule has 1 aliphatic heterocycles. The van der Waals surface area contributed by atoms with Crippen molar-refractivity contribution in [2.45, 2.75) is 25.0 Å². The van der Waals surface area contributed by atoms with Gasteiger partial charge in [-0.2, -0.15) is 0 Å². The van der Waals surface area contributed by atoms with Crippen LogP contribution in [0.3, 0.4) is 0 Å². The molecule has 4 aromatic rings. The molecule has 5 rings (SSSR count). The third kappa shape index (κ3) is 4.01. The van der Waals surface area contributed by atoms with E-state index >= 15 is 0 Å². The van der Waals surface area contributed by atoms with Gasteiger partial charge in [-0.15, -0.1) is 10.2 Å². The number of fused-ring (bicyclic) bond motifs is 1. The summed E-state index contributed by atoms with van der Waals surface area (Å²) in [5.74, 6) is 2.79. The summed E-state index contributed by atoms with van der Waals surface area (Å²) in [6, 6.07) is 17.5. The fraction of sp³-hybridized carbons (Fsp3) is 0.208. The maximum Gasteiger partial charge on any atom is 0.192 e. The van der Waals surface area contributed by atoms with Crippen LogP contribution >= 0.6 is 11.8 Å². The predicted octanol–water partition coefficient (Wildman–Crippen LogP) is 4.80. The molecule has 0 atom stereocenters. The van der Waals surface area contributed by atoms with Crippen LogP contribution in [0, 0.1) is 6.92 Å². The molecule has 0 amide bonds. The van der Waals surface area contributed by atoms with Gasteiger partial charge < -0.3 is 9.15 Å². The molecule has 3 heterocycles. The summed E-state index contributed by atoms with van der Waals surface area (Å²) in [5.41, 5.74) is 3.92. The largest absolute Gasteiger partial charge is 0.493 e. The molecule has 2 aromatic carbocycles. The number of hydrogen-bond acceptors (Lipinski definition) is 6. The number of thioether (sulfide) groups is 1. The number of carbonyl (C=O) groups excluding carboxylic acids is 1. The first kappa shape index (κ1) is 19.6. The molecule has 31 heavy (non-hydrogen) atoms. The molecule has 156 valence electrons. The van der Waals surface area contributed by atoms with Crippen LogP contribution in [0.5, 0.6) is 5.75 Å². The SMILES string of the molecule is Cc1ccccc1-c1nnc(SCC(=O)c2ccc3c(c2)CCO3)n1Cc1ccco1. The van der Waals surface area contributed by atoms with Crippen LogP contribution < -0.4 is 4.74 Å². The van der Waals surface area contributed by atoms with Gasteiger partial charge in [-0.1, -0.05) is 36.0 Å². The third-order valence-electron chi connectivity index (χ3n) is 5.34. The number of aromatic nitrogens is 3. The van der Waals surface area contributed by atoms with E-state index in [4.69, 9.17) is 9.15 Å². The minimum atomic E-state index is 0.0599. The number of benzene rings is 2. The van der Waals surface area contributed by atoms with E-state index in [0.717, 1.165) is 40.4 Å². The van der Waals surface area contributed by atoms with Crippen molar-refractivity contribution in [2.24, 2.45) is 0 Å². The zero-order valence-corrected chi connectivity index (χ0v) is 17.9. The highest BCUT2D eigenvalue weighted by Gasteiger charge is 2.19. The first-order valence-electron chi connectivity index (χ1n) is 10.1. The Hall–Kier alpha value is -3.32. The average molecular weight is 432 g/mol. The van der Waals surface area contributed by atoms with E-state index in [2.05, 4.69) is 23.2 Å². The molecule has 0 radical (unpaired) electrons. The summed E-state index contributed by atoms with van der Waals surface area (Å²) in [6.07, 6.45) is 2.50. The van der Waals surface area contributed by atoms with Crippen molar-refractivity contribution in [3.05, 3.63) is 83.3 Å². The summed E-state index contributed by atoms with van der Waals surface area (Å²) >= 11 is 1.39. The quantitative estimate of drug-likeness (QED) is 0.309. The van der Waals surface area contributed by atoms with Crippen LogP contribution in [0.2, 0.25) is 0 Å². The lowest BCUT2D eigenvalue weighted by Gasteiger charge is -2.10. The lowest BCUT2D eigenvalue weighted by Crippen LogP contribution is -2.07.